The van der Waals surface area contributed by atoms with Crippen molar-refractivity contribution in [3.63, 3.8) is 0 Å². The molecule has 1 unspecified atom stereocenters. The average Bonchev–Trinajstić information content (AvgIpc) is 3.34. The minimum atomic E-state index is -0.622. The summed E-state index contributed by atoms with van der Waals surface area (Å²) in [6.07, 6.45) is 5.41. The summed E-state index contributed by atoms with van der Waals surface area (Å²) in [6.45, 7) is 11.0. The van der Waals surface area contributed by atoms with E-state index in [4.69, 9.17) is 0 Å². The summed E-state index contributed by atoms with van der Waals surface area (Å²) in [7, 11) is 0. The van der Waals surface area contributed by atoms with Gasteiger partial charge in [0, 0.05) is 17.8 Å². The highest BCUT2D eigenvalue weighted by molar-refractivity contribution is 5.86. The highest BCUT2D eigenvalue weighted by Crippen LogP contribution is 2.42. The van der Waals surface area contributed by atoms with Gasteiger partial charge in [0.1, 0.15) is 17.5 Å². The molecule has 2 aromatic heterocycles. The second-order valence-electron chi connectivity index (χ2n) is 7.67. The van der Waals surface area contributed by atoms with Gasteiger partial charge < -0.3 is 4.90 Å². The van der Waals surface area contributed by atoms with Crippen LogP contribution in [0.5, 0.6) is 0 Å². The molecule has 0 aliphatic carbocycles. The molecule has 4 rings (SSSR count). The molecule has 0 fully saturated rings. The third kappa shape index (κ3) is 3.14. The van der Waals surface area contributed by atoms with Gasteiger partial charge in [-0.2, -0.15) is 10.2 Å². The molecule has 1 N–H and O–H groups in total. The Morgan fingerprint density at radius 3 is 2.72 bits per heavy atom. The first kappa shape index (κ1) is 19.4. The number of rotatable bonds is 5. The van der Waals surface area contributed by atoms with E-state index in [2.05, 4.69) is 42.6 Å². The fraction of sp³-hybridized carbons (Fsp3) is 0.364. The van der Waals surface area contributed by atoms with Crippen molar-refractivity contribution in [1.29, 1.82) is 0 Å². The van der Waals surface area contributed by atoms with Gasteiger partial charge >= 0.3 is 0 Å². The molecule has 0 saturated heterocycles. The summed E-state index contributed by atoms with van der Waals surface area (Å²) < 4.78 is 30.8. The number of hydrogen-bond donors (Lipinski definition) is 1. The quantitative estimate of drug-likeness (QED) is 0.618. The van der Waals surface area contributed by atoms with E-state index in [9.17, 15) is 8.78 Å². The van der Waals surface area contributed by atoms with Gasteiger partial charge in [-0.25, -0.2) is 13.5 Å². The van der Waals surface area contributed by atoms with Crippen molar-refractivity contribution in [2.24, 2.45) is 0 Å². The molecule has 7 heteroatoms. The van der Waals surface area contributed by atoms with Crippen LogP contribution in [-0.2, 0) is 0 Å². The number of fused-ring (bicyclic) bond motifs is 1. The first-order chi connectivity index (χ1) is 13.9. The zero-order valence-corrected chi connectivity index (χ0v) is 16.9. The van der Waals surface area contributed by atoms with Crippen molar-refractivity contribution in [2.75, 3.05) is 11.4 Å². The first-order valence-corrected chi connectivity index (χ1v) is 9.96. The minimum absolute atomic E-state index is 0.104. The second-order valence-corrected chi connectivity index (χ2v) is 7.67. The van der Waals surface area contributed by atoms with E-state index < -0.39 is 11.6 Å². The number of benzene rings is 1. The molecule has 1 aromatic carbocycles. The molecule has 1 aliphatic rings. The second kappa shape index (κ2) is 7.46. The monoisotopic (exact) mass is 397 g/mol. The van der Waals surface area contributed by atoms with E-state index in [0.717, 1.165) is 35.5 Å². The highest BCUT2D eigenvalue weighted by Gasteiger charge is 2.32. The zero-order valence-electron chi connectivity index (χ0n) is 16.9. The summed E-state index contributed by atoms with van der Waals surface area (Å²) >= 11 is 0. The Bertz CT molecular complexity index is 1030. The topological polar surface area (TPSA) is 49.7 Å². The van der Waals surface area contributed by atoms with E-state index in [1.165, 1.54) is 18.2 Å². The van der Waals surface area contributed by atoms with Crippen LogP contribution in [0.1, 0.15) is 56.7 Å². The molecule has 0 amide bonds. The van der Waals surface area contributed by atoms with Crippen molar-refractivity contribution in [1.82, 2.24) is 20.0 Å². The van der Waals surface area contributed by atoms with Crippen molar-refractivity contribution >= 4 is 11.5 Å². The number of aromatic nitrogens is 4. The van der Waals surface area contributed by atoms with Gasteiger partial charge in [0.2, 0.25) is 0 Å². The molecular weight excluding hydrogens is 372 g/mol. The third-order valence-electron chi connectivity index (χ3n) is 5.87. The zero-order chi connectivity index (χ0) is 20.7. The fourth-order valence-corrected chi connectivity index (χ4v) is 3.94. The Morgan fingerprint density at radius 2 is 2.03 bits per heavy atom. The van der Waals surface area contributed by atoms with Crippen LogP contribution in [0.3, 0.4) is 0 Å². The van der Waals surface area contributed by atoms with Gasteiger partial charge in [0.05, 0.1) is 35.3 Å². The van der Waals surface area contributed by atoms with Crippen molar-refractivity contribution < 1.29 is 8.78 Å². The number of anilines is 1. The molecule has 0 spiro atoms. The summed E-state index contributed by atoms with van der Waals surface area (Å²) in [5.74, 6) is -0.141. The molecule has 2 atom stereocenters. The van der Waals surface area contributed by atoms with Crippen molar-refractivity contribution in [3.8, 4) is 11.3 Å². The predicted molar refractivity (Wildman–Crippen MR) is 111 cm³/mol. The van der Waals surface area contributed by atoms with E-state index in [-0.39, 0.29) is 11.6 Å². The fourth-order valence-electron chi connectivity index (χ4n) is 3.94. The Kier molecular flexibility index (Phi) is 4.98. The first-order valence-electron chi connectivity index (χ1n) is 9.96. The normalized spacial score (nSPS) is 17.3. The maximum atomic E-state index is 14.5. The molecular formula is C22H25F2N5. The molecule has 1 aliphatic heterocycles. The molecule has 3 heterocycles. The maximum Gasteiger partial charge on any atom is 0.141 e. The van der Waals surface area contributed by atoms with E-state index in [1.807, 2.05) is 15.8 Å². The Balaban J connectivity index is 1.85. The molecule has 0 saturated carbocycles. The van der Waals surface area contributed by atoms with E-state index in [1.54, 1.807) is 6.20 Å². The Morgan fingerprint density at radius 1 is 1.31 bits per heavy atom. The molecule has 5 nitrogen and oxygen atoms in total. The van der Waals surface area contributed by atoms with Gasteiger partial charge in [-0.05, 0) is 37.8 Å². The van der Waals surface area contributed by atoms with Crippen LogP contribution in [-0.4, -0.2) is 26.5 Å². The van der Waals surface area contributed by atoms with Crippen molar-refractivity contribution in [3.05, 3.63) is 59.9 Å². The van der Waals surface area contributed by atoms with Crippen LogP contribution in [0.2, 0.25) is 0 Å². The smallest absolute Gasteiger partial charge is 0.141 e. The van der Waals surface area contributed by atoms with E-state index >= 15 is 0 Å². The number of hydrogen-bond acceptors (Lipinski definition) is 3. The van der Waals surface area contributed by atoms with Crippen LogP contribution >= 0.6 is 0 Å². The maximum absolute atomic E-state index is 14.5. The highest BCUT2D eigenvalue weighted by atomic mass is 19.1. The lowest BCUT2D eigenvalue weighted by Crippen LogP contribution is -2.33. The third-order valence-corrected chi connectivity index (χ3v) is 5.87. The molecule has 152 valence electrons. The van der Waals surface area contributed by atoms with Gasteiger partial charge in [-0.3, -0.25) is 5.10 Å². The number of nitrogens with one attached hydrogen (secondary N) is 1. The lowest BCUT2D eigenvalue weighted by Gasteiger charge is -2.35. The Hall–Kier alpha value is -2.96. The predicted octanol–water partition coefficient (Wildman–Crippen LogP) is 5.51. The lowest BCUT2D eigenvalue weighted by atomic mass is 9.96. The van der Waals surface area contributed by atoms with Crippen molar-refractivity contribution in [2.45, 2.75) is 45.6 Å². The van der Waals surface area contributed by atoms with Gasteiger partial charge in [-0.15, -0.1) is 0 Å². The standard InChI is InChI=1S/C22H25F2N5/c1-5-13(2)16-11-25-27-21(16)17-12-26-29-14(3)9-10-28(22(17)29)15(4)20-18(23)7-6-8-19(20)24/h6-8,11-14H,4-5,9-10H2,1-3H3,(H,25,27)/t13-,14?/m1/s1. The summed E-state index contributed by atoms with van der Waals surface area (Å²) in [6, 6.07) is 4.04. The van der Waals surface area contributed by atoms with Gasteiger partial charge in [0.25, 0.3) is 0 Å². The van der Waals surface area contributed by atoms with Gasteiger partial charge in [0.15, 0.2) is 0 Å². The number of H-pyrrole nitrogens is 1. The largest absolute Gasteiger partial charge is 0.326 e. The van der Waals surface area contributed by atoms with Crippen LogP contribution < -0.4 is 4.90 Å². The van der Waals surface area contributed by atoms with Crippen LogP contribution in [0.4, 0.5) is 14.6 Å². The summed E-state index contributed by atoms with van der Waals surface area (Å²) in [4.78, 5) is 1.87. The lowest BCUT2D eigenvalue weighted by molar-refractivity contribution is 0.436. The van der Waals surface area contributed by atoms with Crippen LogP contribution in [0.25, 0.3) is 17.0 Å². The summed E-state index contributed by atoms with van der Waals surface area (Å²) in [5, 5.41) is 11.9. The minimum Gasteiger partial charge on any atom is -0.326 e. The van der Waals surface area contributed by atoms with Crippen LogP contribution in [0, 0.1) is 11.6 Å². The van der Waals surface area contributed by atoms with E-state index in [0.29, 0.717) is 18.2 Å². The number of halogens is 2. The Labute approximate surface area is 169 Å². The summed E-state index contributed by atoms with van der Waals surface area (Å²) in [5.41, 5.74) is 3.04. The van der Waals surface area contributed by atoms with Gasteiger partial charge in [-0.1, -0.05) is 26.5 Å². The number of nitrogens with zero attached hydrogens (tertiary/aromatic N) is 4. The molecule has 3 aromatic rings. The molecule has 0 bridgehead atoms. The SMILES string of the molecule is C=C(c1c(F)cccc1F)N1CCC(C)n2ncc(-c3[nH]ncc3[C@H](C)CC)c21. The molecule has 29 heavy (non-hydrogen) atoms. The van der Waals surface area contributed by atoms with Crippen LogP contribution in [0.15, 0.2) is 37.2 Å². The molecule has 0 radical (unpaired) electrons. The number of aromatic amines is 1. The average molecular weight is 397 g/mol.